The lowest BCUT2D eigenvalue weighted by molar-refractivity contribution is -0.136. The van der Waals surface area contributed by atoms with Crippen molar-refractivity contribution in [3.63, 3.8) is 0 Å². The molecule has 0 aliphatic heterocycles. The number of halogens is 2. The Hall–Kier alpha value is -2.38. The van der Waals surface area contributed by atoms with Crippen LogP contribution in [0.5, 0.6) is 5.75 Å². The number of hydrogen-bond donors (Lipinski definition) is 3. The number of phenolic OH excluding ortho intramolecular Hbond substituents is 1. The van der Waals surface area contributed by atoms with E-state index in [2.05, 4.69) is 31.8 Å². The molecule has 2 aromatic rings. The summed E-state index contributed by atoms with van der Waals surface area (Å²) < 4.78 is 0.739. The standard InChI is InChI=1S/C15H11BrClN3O3/c16-10-1-6-13(21)9(7-10)8-18-20-15(23)14(22)19-12-4-2-11(17)3-5-12/h1-8,21H,(H,19,22)(H,20,23). The highest BCUT2D eigenvalue weighted by Gasteiger charge is 2.12. The van der Waals surface area contributed by atoms with Gasteiger partial charge in [-0.3, -0.25) is 9.59 Å². The summed E-state index contributed by atoms with van der Waals surface area (Å²) in [4.78, 5) is 23.3. The maximum atomic E-state index is 11.7. The molecule has 118 valence electrons. The third-order valence-electron chi connectivity index (χ3n) is 2.67. The Kier molecular flexibility index (Phi) is 5.72. The molecule has 0 unspecified atom stereocenters. The minimum atomic E-state index is -0.939. The van der Waals surface area contributed by atoms with Crippen LogP contribution in [-0.2, 0) is 9.59 Å². The van der Waals surface area contributed by atoms with Gasteiger partial charge >= 0.3 is 11.8 Å². The first-order chi connectivity index (χ1) is 11.0. The van der Waals surface area contributed by atoms with Gasteiger partial charge < -0.3 is 10.4 Å². The van der Waals surface area contributed by atoms with Gasteiger partial charge in [0, 0.05) is 20.7 Å². The molecular weight excluding hydrogens is 386 g/mol. The van der Waals surface area contributed by atoms with Crippen molar-refractivity contribution < 1.29 is 14.7 Å². The average molecular weight is 397 g/mol. The van der Waals surface area contributed by atoms with Crippen molar-refractivity contribution in [2.75, 3.05) is 5.32 Å². The van der Waals surface area contributed by atoms with Crippen molar-refractivity contribution >= 4 is 51.2 Å². The number of aromatic hydroxyl groups is 1. The number of amides is 2. The molecule has 0 spiro atoms. The number of carbonyl (C=O) groups excluding carboxylic acids is 2. The van der Waals surface area contributed by atoms with Crippen molar-refractivity contribution in [3.05, 3.63) is 57.5 Å². The van der Waals surface area contributed by atoms with E-state index in [-0.39, 0.29) is 5.75 Å². The summed E-state index contributed by atoms with van der Waals surface area (Å²) in [5, 5.41) is 16.2. The van der Waals surface area contributed by atoms with Crippen LogP contribution in [0.15, 0.2) is 52.0 Å². The first kappa shape index (κ1) is 17.0. The largest absolute Gasteiger partial charge is 0.507 e. The molecule has 8 heteroatoms. The Morgan fingerprint density at radius 1 is 1.13 bits per heavy atom. The zero-order valence-corrected chi connectivity index (χ0v) is 13.9. The predicted molar refractivity (Wildman–Crippen MR) is 91.6 cm³/mol. The first-order valence-electron chi connectivity index (χ1n) is 6.34. The molecule has 0 saturated carbocycles. The van der Waals surface area contributed by atoms with E-state index in [4.69, 9.17) is 11.6 Å². The van der Waals surface area contributed by atoms with Crippen LogP contribution in [0.1, 0.15) is 5.56 Å². The highest BCUT2D eigenvalue weighted by molar-refractivity contribution is 9.10. The van der Waals surface area contributed by atoms with Crippen molar-refractivity contribution in [3.8, 4) is 5.75 Å². The molecule has 6 nitrogen and oxygen atoms in total. The van der Waals surface area contributed by atoms with Crippen LogP contribution in [0.2, 0.25) is 5.02 Å². The van der Waals surface area contributed by atoms with Crippen LogP contribution in [0, 0.1) is 0 Å². The van der Waals surface area contributed by atoms with E-state index >= 15 is 0 Å². The summed E-state index contributed by atoms with van der Waals surface area (Å²) >= 11 is 8.98. The van der Waals surface area contributed by atoms with Gasteiger partial charge in [-0.05, 0) is 42.5 Å². The van der Waals surface area contributed by atoms with E-state index in [9.17, 15) is 14.7 Å². The van der Waals surface area contributed by atoms with Gasteiger partial charge in [0.25, 0.3) is 0 Å². The summed E-state index contributed by atoms with van der Waals surface area (Å²) in [5.41, 5.74) is 2.90. The van der Waals surface area contributed by atoms with Gasteiger partial charge in [-0.1, -0.05) is 27.5 Å². The Morgan fingerprint density at radius 2 is 1.83 bits per heavy atom. The molecule has 0 saturated heterocycles. The Morgan fingerprint density at radius 3 is 2.52 bits per heavy atom. The molecule has 3 N–H and O–H groups in total. The van der Waals surface area contributed by atoms with Crippen LogP contribution >= 0.6 is 27.5 Å². The van der Waals surface area contributed by atoms with E-state index in [1.165, 1.54) is 12.3 Å². The molecule has 2 aromatic carbocycles. The maximum Gasteiger partial charge on any atom is 0.329 e. The van der Waals surface area contributed by atoms with E-state index in [0.717, 1.165) is 4.47 Å². The SMILES string of the molecule is O=C(NN=Cc1cc(Br)ccc1O)C(=O)Nc1ccc(Cl)cc1. The van der Waals surface area contributed by atoms with Crippen LogP contribution in [-0.4, -0.2) is 23.1 Å². The first-order valence-corrected chi connectivity index (χ1v) is 7.51. The predicted octanol–water partition coefficient (Wildman–Crippen LogP) is 2.90. The lowest BCUT2D eigenvalue weighted by Crippen LogP contribution is -2.32. The maximum absolute atomic E-state index is 11.7. The van der Waals surface area contributed by atoms with Crippen molar-refractivity contribution in [1.82, 2.24) is 5.43 Å². The fourth-order valence-electron chi connectivity index (χ4n) is 1.56. The molecule has 0 aliphatic carbocycles. The molecule has 23 heavy (non-hydrogen) atoms. The molecule has 2 amide bonds. The van der Waals surface area contributed by atoms with Crippen LogP contribution < -0.4 is 10.7 Å². The zero-order chi connectivity index (χ0) is 16.8. The number of carbonyl (C=O) groups is 2. The fraction of sp³-hybridized carbons (Fsp3) is 0. The summed E-state index contributed by atoms with van der Waals surface area (Å²) in [6, 6.07) is 11.0. The Balaban J connectivity index is 1.93. The summed E-state index contributed by atoms with van der Waals surface area (Å²) in [5.74, 6) is -1.81. The van der Waals surface area contributed by atoms with Crippen molar-refractivity contribution in [1.29, 1.82) is 0 Å². The van der Waals surface area contributed by atoms with Gasteiger partial charge in [-0.2, -0.15) is 5.10 Å². The van der Waals surface area contributed by atoms with Gasteiger partial charge in [-0.25, -0.2) is 5.43 Å². The van der Waals surface area contributed by atoms with E-state index in [1.807, 2.05) is 0 Å². The Labute approximate surface area is 145 Å². The molecule has 0 aliphatic rings. The number of benzene rings is 2. The highest BCUT2D eigenvalue weighted by Crippen LogP contribution is 2.19. The second-order valence-corrected chi connectivity index (χ2v) is 5.72. The van der Waals surface area contributed by atoms with Gasteiger partial charge in [0.05, 0.1) is 6.21 Å². The second kappa shape index (κ2) is 7.75. The fourth-order valence-corrected chi connectivity index (χ4v) is 2.07. The molecule has 0 bridgehead atoms. The van der Waals surface area contributed by atoms with Gasteiger partial charge in [0.2, 0.25) is 0 Å². The van der Waals surface area contributed by atoms with Crippen LogP contribution in [0.25, 0.3) is 0 Å². The molecular formula is C15H11BrClN3O3. The van der Waals surface area contributed by atoms with E-state index in [0.29, 0.717) is 16.3 Å². The number of anilines is 1. The Bertz CT molecular complexity index is 763. The summed E-state index contributed by atoms with van der Waals surface area (Å²) in [7, 11) is 0. The summed E-state index contributed by atoms with van der Waals surface area (Å²) in [6.07, 6.45) is 1.23. The third kappa shape index (κ3) is 5.08. The normalized spacial score (nSPS) is 10.5. The van der Waals surface area contributed by atoms with Crippen LogP contribution in [0.4, 0.5) is 5.69 Å². The minimum absolute atomic E-state index is 0.00295. The number of phenols is 1. The summed E-state index contributed by atoms with van der Waals surface area (Å²) in [6.45, 7) is 0. The van der Waals surface area contributed by atoms with E-state index < -0.39 is 11.8 Å². The zero-order valence-electron chi connectivity index (χ0n) is 11.6. The molecule has 0 radical (unpaired) electrons. The van der Waals surface area contributed by atoms with Gasteiger partial charge in [0.15, 0.2) is 0 Å². The molecule has 0 fully saturated rings. The quantitative estimate of drug-likeness (QED) is 0.423. The lowest BCUT2D eigenvalue weighted by Gasteiger charge is -2.04. The number of hydrazone groups is 1. The molecule has 0 atom stereocenters. The number of nitrogens with one attached hydrogen (secondary N) is 2. The average Bonchev–Trinajstić information content (AvgIpc) is 2.52. The highest BCUT2D eigenvalue weighted by atomic mass is 79.9. The molecule has 0 aromatic heterocycles. The van der Waals surface area contributed by atoms with Gasteiger partial charge in [-0.15, -0.1) is 0 Å². The third-order valence-corrected chi connectivity index (χ3v) is 3.41. The van der Waals surface area contributed by atoms with Gasteiger partial charge in [0.1, 0.15) is 5.75 Å². The molecule has 2 rings (SSSR count). The number of nitrogens with zero attached hydrogens (tertiary/aromatic N) is 1. The monoisotopic (exact) mass is 395 g/mol. The van der Waals surface area contributed by atoms with Crippen LogP contribution in [0.3, 0.4) is 0 Å². The second-order valence-electron chi connectivity index (χ2n) is 4.36. The van der Waals surface area contributed by atoms with Crippen molar-refractivity contribution in [2.24, 2.45) is 5.10 Å². The van der Waals surface area contributed by atoms with E-state index in [1.54, 1.807) is 36.4 Å². The smallest absolute Gasteiger partial charge is 0.329 e. The number of rotatable bonds is 3. The minimum Gasteiger partial charge on any atom is -0.507 e. The molecule has 0 heterocycles. The lowest BCUT2D eigenvalue weighted by atomic mass is 10.2. The topological polar surface area (TPSA) is 90.8 Å². The number of hydrogen-bond acceptors (Lipinski definition) is 4. The van der Waals surface area contributed by atoms with Crippen molar-refractivity contribution in [2.45, 2.75) is 0 Å².